The van der Waals surface area contributed by atoms with Gasteiger partial charge in [0.05, 0.1) is 47.2 Å². The van der Waals surface area contributed by atoms with Gasteiger partial charge in [-0.15, -0.1) is 0 Å². The number of nitrogens with zero attached hydrogens (tertiary/aromatic N) is 5. The molecule has 15 heteroatoms. The van der Waals surface area contributed by atoms with Crippen molar-refractivity contribution in [3.63, 3.8) is 0 Å². The molecule has 2 amide bonds. The Bertz CT molecular complexity index is 2650. The van der Waals surface area contributed by atoms with Gasteiger partial charge in [0.25, 0.3) is 10.1 Å². The molecule has 328 valence electrons. The molecule has 13 nitrogen and oxygen atoms in total. The molecule has 0 saturated heterocycles. The summed E-state index contributed by atoms with van der Waals surface area (Å²) in [4.78, 5) is 39.3. The topological polar surface area (TPSA) is 155 Å². The zero-order valence-corrected chi connectivity index (χ0v) is 38.3. The van der Waals surface area contributed by atoms with Gasteiger partial charge in [0.15, 0.2) is 10.8 Å². The van der Waals surface area contributed by atoms with Crippen molar-refractivity contribution in [2.45, 2.75) is 111 Å². The van der Waals surface area contributed by atoms with E-state index in [4.69, 9.17) is 23.7 Å². The minimum Gasteiger partial charge on any atom is -0.455 e. The van der Waals surface area contributed by atoms with Crippen molar-refractivity contribution in [3.8, 4) is 22.4 Å². The average molecular weight is 881 g/mol. The molecule has 10 rings (SSSR count). The molecule has 3 aromatic heterocycles. The molecule has 0 radical (unpaired) electrons. The second kappa shape index (κ2) is 15.2. The van der Waals surface area contributed by atoms with Gasteiger partial charge in [-0.05, 0) is 131 Å². The molecule has 4 bridgehead atoms. The molecule has 4 heterocycles. The lowest BCUT2D eigenvalue weighted by Gasteiger charge is -2.69. The van der Waals surface area contributed by atoms with Crippen LogP contribution in [0.1, 0.15) is 101 Å². The first kappa shape index (κ1) is 42.6. The number of pyridine rings is 1. The molecule has 4 fully saturated rings. The third-order valence-corrected chi connectivity index (χ3v) is 14.6. The molecule has 4 saturated carbocycles. The van der Waals surface area contributed by atoms with E-state index < -0.39 is 21.7 Å². The highest BCUT2D eigenvalue weighted by Gasteiger charge is 2.66. The van der Waals surface area contributed by atoms with Crippen molar-refractivity contribution in [1.82, 2.24) is 19.7 Å². The predicted octanol–water partition coefficient (Wildman–Crippen LogP) is 9.58. The van der Waals surface area contributed by atoms with Gasteiger partial charge in [-0.2, -0.15) is 13.5 Å². The molecule has 5 aromatic rings. The number of ether oxygens (including phenoxy) is 2. The molecule has 4 aliphatic carbocycles. The number of urea groups is 1. The standard InChI is InChI=1S/C47H56N6O7S2/c1-30-34(22-48-53(30)29-46-24-44(5)23-45(6,25-46)27-47(26-44,28-46)58-19-20-59-62(7,56)57)33-16-17-35(49-39(33)40(54)60-43(2,3)4)32-15-14-31-11-10-18-52(37(31)21-32)42(55)51-41-50-36-12-8-9-13-38(36)61-41/h8-9,12-17,21-22H,10-11,18-20,23-29H2,1-7H3,(H,50,51,55). The largest absolute Gasteiger partial charge is 0.455 e. The summed E-state index contributed by atoms with van der Waals surface area (Å²) in [5, 5.41) is 8.54. The predicted molar refractivity (Wildman–Crippen MR) is 241 cm³/mol. The molecule has 1 aliphatic heterocycles. The number of thiazole rings is 1. The lowest BCUT2D eigenvalue weighted by Crippen LogP contribution is -2.64. The maximum atomic E-state index is 14.1. The van der Waals surface area contributed by atoms with Crippen LogP contribution in [0.15, 0.2) is 60.8 Å². The Morgan fingerprint density at radius 2 is 1.68 bits per heavy atom. The number of rotatable bonds is 11. The van der Waals surface area contributed by atoms with Crippen molar-refractivity contribution >= 4 is 54.5 Å². The monoisotopic (exact) mass is 880 g/mol. The van der Waals surface area contributed by atoms with Crippen LogP contribution in [0.5, 0.6) is 0 Å². The van der Waals surface area contributed by atoms with Crippen molar-refractivity contribution in [3.05, 3.63) is 77.7 Å². The summed E-state index contributed by atoms with van der Waals surface area (Å²) >= 11 is 1.44. The van der Waals surface area contributed by atoms with Crippen LogP contribution >= 0.6 is 11.3 Å². The maximum absolute atomic E-state index is 14.1. The van der Waals surface area contributed by atoms with Crippen LogP contribution in [0.3, 0.4) is 0 Å². The Kier molecular flexibility index (Phi) is 10.5. The van der Waals surface area contributed by atoms with Crippen LogP contribution in [0.2, 0.25) is 0 Å². The SMILES string of the molecule is Cc1c(-c2ccc(-c3ccc4c(c3)N(C(=O)Nc3nc5ccccc5s3)CCC4)nc2C(=O)OC(C)(C)C)cnn1CC12CC3(C)CC(C)(C1)CC(OCCOS(C)(=O)=O)(C3)C2. The summed E-state index contributed by atoms with van der Waals surface area (Å²) in [6.45, 7) is 13.8. The van der Waals surface area contributed by atoms with Crippen molar-refractivity contribution in [2.24, 2.45) is 16.2 Å². The van der Waals surface area contributed by atoms with Gasteiger partial charge in [0.2, 0.25) is 0 Å². The Balaban J connectivity index is 1.01. The van der Waals surface area contributed by atoms with E-state index in [0.29, 0.717) is 29.5 Å². The third kappa shape index (κ3) is 8.52. The van der Waals surface area contributed by atoms with Crippen molar-refractivity contribution in [2.75, 3.05) is 36.2 Å². The number of nitrogens with one attached hydrogen (secondary N) is 1. The highest BCUT2D eigenvalue weighted by atomic mass is 32.2. The summed E-state index contributed by atoms with van der Waals surface area (Å²) in [6, 6.07) is 17.5. The summed E-state index contributed by atoms with van der Waals surface area (Å²) < 4.78 is 44.1. The van der Waals surface area contributed by atoms with Gasteiger partial charge in [-0.1, -0.05) is 49.4 Å². The number of benzene rings is 2. The van der Waals surface area contributed by atoms with Gasteiger partial charge >= 0.3 is 12.0 Å². The minimum atomic E-state index is -3.55. The van der Waals surface area contributed by atoms with Gasteiger partial charge in [-0.25, -0.2) is 19.6 Å². The van der Waals surface area contributed by atoms with E-state index in [0.717, 1.165) is 95.9 Å². The fourth-order valence-corrected chi connectivity index (χ4v) is 13.4. The first-order chi connectivity index (χ1) is 29.2. The zero-order chi connectivity index (χ0) is 43.9. The zero-order valence-electron chi connectivity index (χ0n) is 36.7. The van der Waals surface area contributed by atoms with E-state index in [1.165, 1.54) is 11.3 Å². The Labute approximate surface area is 367 Å². The third-order valence-electron chi connectivity index (χ3n) is 13.1. The fraction of sp³-hybridized carbons (Fsp3) is 0.511. The molecule has 2 atom stereocenters. The number of carbonyl (C=O) groups excluding carboxylic acids is 2. The summed E-state index contributed by atoms with van der Waals surface area (Å²) in [5.41, 5.74) is 5.61. The van der Waals surface area contributed by atoms with Gasteiger partial charge in [0, 0.05) is 41.2 Å². The summed E-state index contributed by atoms with van der Waals surface area (Å²) in [7, 11) is -3.55. The smallest absolute Gasteiger partial charge is 0.358 e. The lowest BCUT2D eigenvalue weighted by molar-refractivity contribution is -0.249. The number of para-hydroxylation sites is 1. The van der Waals surface area contributed by atoms with E-state index in [1.54, 1.807) is 4.90 Å². The number of anilines is 2. The van der Waals surface area contributed by atoms with Gasteiger partial charge in [0.1, 0.15) is 5.60 Å². The lowest BCUT2D eigenvalue weighted by atomic mass is 9.39. The van der Waals surface area contributed by atoms with Crippen LogP contribution in [-0.2, 0) is 36.7 Å². The Hall–Kier alpha value is -4.70. The second-order valence-corrected chi connectivity index (χ2v) is 22.8. The van der Waals surface area contributed by atoms with Crippen LogP contribution in [-0.4, -0.2) is 77.4 Å². The molecule has 5 aliphatic rings. The first-order valence-corrected chi connectivity index (χ1v) is 24.2. The number of hydrogen-bond acceptors (Lipinski definition) is 11. The Morgan fingerprint density at radius 1 is 0.919 bits per heavy atom. The average Bonchev–Trinajstić information content (AvgIpc) is 3.74. The van der Waals surface area contributed by atoms with Gasteiger partial charge in [-0.3, -0.25) is 19.1 Å². The van der Waals surface area contributed by atoms with E-state index >= 15 is 0 Å². The summed E-state index contributed by atoms with van der Waals surface area (Å²) in [6.07, 6.45) is 10.5. The second-order valence-electron chi connectivity index (χ2n) is 20.2. The number of hydrogen-bond donors (Lipinski definition) is 1. The molecule has 2 unspecified atom stereocenters. The van der Waals surface area contributed by atoms with Crippen LogP contribution in [0.25, 0.3) is 32.6 Å². The van der Waals surface area contributed by atoms with Crippen LogP contribution in [0, 0.1) is 23.2 Å². The number of amides is 2. The minimum absolute atomic E-state index is 0.00329. The van der Waals surface area contributed by atoms with E-state index in [-0.39, 0.29) is 46.8 Å². The molecule has 2 aromatic carbocycles. The van der Waals surface area contributed by atoms with Gasteiger partial charge < -0.3 is 9.47 Å². The molecule has 1 N–H and O–H groups in total. The highest BCUT2D eigenvalue weighted by molar-refractivity contribution is 7.85. The molecule has 62 heavy (non-hydrogen) atoms. The van der Waals surface area contributed by atoms with Crippen LogP contribution < -0.4 is 10.2 Å². The van der Waals surface area contributed by atoms with Crippen LogP contribution in [0.4, 0.5) is 15.6 Å². The van der Waals surface area contributed by atoms with Crippen molar-refractivity contribution in [1.29, 1.82) is 0 Å². The highest BCUT2D eigenvalue weighted by Crippen LogP contribution is 2.72. The molecular formula is C47H56N6O7S2. The Morgan fingerprint density at radius 3 is 2.40 bits per heavy atom. The fourth-order valence-electron chi connectivity index (χ4n) is 12.1. The number of aromatic nitrogens is 4. The van der Waals surface area contributed by atoms with E-state index in [9.17, 15) is 18.0 Å². The maximum Gasteiger partial charge on any atom is 0.358 e. The number of fused-ring (bicyclic) bond motifs is 2. The molecule has 0 spiro atoms. The number of aryl methyl sites for hydroxylation is 1. The quantitative estimate of drug-likeness (QED) is 0.0771. The summed E-state index contributed by atoms with van der Waals surface area (Å²) in [5.74, 6) is -0.530. The normalized spacial score (nSPS) is 25.6. The number of esters is 1. The first-order valence-electron chi connectivity index (χ1n) is 21.5. The van der Waals surface area contributed by atoms with E-state index in [2.05, 4.69) is 28.8 Å². The van der Waals surface area contributed by atoms with E-state index in [1.807, 2.05) is 88.5 Å². The van der Waals surface area contributed by atoms with Crippen molar-refractivity contribution < 1.29 is 31.7 Å². The molecular weight excluding hydrogens is 825 g/mol. The number of carbonyl (C=O) groups is 2.